The summed E-state index contributed by atoms with van der Waals surface area (Å²) in [6, 6.07) is 0.00505. The van der Waals surface area contributed by atoms with Crippen molar-refractivity contribution in [3.63, 3.8) is 0 Å². The molecule has 0 amide bonds. The Hall–Kier alpha value is -1.63. The molecule has 1 aliphatic rings. The third-order valence-corrected chi connectivity index (χ3v) is 3.22. The maximum absolute atomic E-state index is 8.79. The molecule has 1 aliphatic heterocycles. The minimum atomic E-state index is 0.00505. The molecule has 0 aromatic carbocycles. The van der Waals surface area contributed by atoms with Gasteiger partial charge in [0, 0.05) is 7.05 Å². The van der Waals surface area contributed by atoms with E-state index in [1.165, 1.54) is 6.33 Å². The molecule has 1 atom stereocenters. The van der Waals surface area contributed by atoms with Crippen LogP contribution in [0.5, 0.6) is 0 Å². The molecule has 1 aromatic rings. The van der Waals surface area contributed by atoms with Gasteiger partial charge in [0.1, 0.15) is 12.2 Å². The van der Waals surface area contributed by atoms with Crippen LogP contribution in [0.4, 0.5) is 0 Å². The van der Waals surface area contributed by atoms with Crippen LogP contribution in [-0.4, -0.2) is 43.3 Å². The van der Waals surface area contributed by atoms with Gasteiger partial charge in [0.05, 0.1) is 12.6 Å². The van der Waals surface area contributed by atoms with Crippen molar-refractivity contribution in [2.24, 2.45) is 17.9 Å². The number of piperidine rings is 1. The predicted molar refractivity (Wildman–Crippen MR) is 62.5 cm³/mol. The summed E-state index contributed by atoms with van der Waals surface area (Å²) in [7, 11) is 1.87. The van der Waals surface area contributed by atoms with E-state index in [0.29, 0.717) is 6.54 Å². The number of rotatable bonds is 3. The zero-order chi connectivity index (χ0) is 12.3. The molecule has 94 valence electrons. The summed E-state index contributed by atoms with van der Waals surface area (Å²) in [5, 5.41) is 16.0. The number of aromatic nitrogens is 3. The molecule has 0 spiro atoms. The summed E-state index contributed by atoms with van der Waals surface area (Å²) in [4.78, 5) is 6.38. The van der Waals surface area contributed by atoms with Gasteiger partial charge in [-0.25, -0.2) is 4.98 Å². The van der Waals surface area contributed by atoms with Crippen LogP contribution in [0.3, 0.4) is 0 Å². The lowest BCUT2D eigenvalue weighted by atomic mass is 10.0. The van der Waals surface area contributed by atoms with Gasteiger partial charge >= 0.3 is 0 Å². The fraction of sp³-hybridized carbons (Fsp3) is 0.700. The van der Waals surface area contributed by atoms with E-state index >= 15 is 0 Å². The van der Waals surface area contributed by atoms with Crippen molar-refractivity contribution in [1.29, 1.82) is 0 Å². The molecule has 0 bridgehead atoms. The highest BCUT2D eigenvalue weighted by Gasteiger charge is 2.26. The second kappa shape index (κ2) is 5.13. The fourth-order valence-electron chi connectivity index (χ4n) is 2.23. The van der Waals surface area contributed by atoms with Gasteiger partial charge < -0.3 is 10.9 Å². The maximum atomic E-state index is 8.79. The minimum absolute atomic E-state index is 0.00505. The summed E-state index contributed by atoms with van der Waals surface area (Å²) in [5.74, 6) is 1.18. The first kappa shape index (κ1) is 11.8. The molecular weight excluding hydrogens is 220 g/mol. The molecule has 0 radical (unpaired) electrons. The van der Waals surface area contributed by atoms with Gasteiger partial charge in [0.15, 0.2) is 5.84 Å². The van der Waals surface area contributed by atoms with Crippen LogP contribution in [0.15, 0.2) is 11.5 Å². The van der Waals surface area contributed by atoms with Gasteiger partial charge in [-0.15, -0.1) is 0 Å². The van der Waals surface area contributed by atoms with Crippen molar-refractivity contribution in [2.75, 3.05) is 6.54 Å². The van der Waals surface area contributed by atoms with E-state index in [1.807, 2.05) is 7.05 Å². The Morgan fingerprint density at radius 1 is 1.65 bits per heavy atom. The molecule has 0 aliphatic carbocycles. The highest BCUT2D eigenvalue weighted by atomic mass is 16.4. The van der Waals surface area contributed by atoms with E-state index in [-0.39, 0.29) is 11.9 Å². The lowest BCUT2D eigenvalue weighted by Gasteiger charge is -2.34. The highest BCUT2D eigenvalue weighted by molar-refractivity contribution is 5.85. The van der Waals surface area contributed by atoms with E-state index in [1.54, 1.807) is 4.68 Å². The lowest BCUT2D eigenvalue weighted by molar-refractivity contribution is 0.172. The number of nitrogens with zero attached hydrogens (tertiary/aromatic N) is 5. The number of nitrogens with two attached hydrogens (primary N) is 1. The molecule has 2 rings (SSSR count). The summed E-state index contributed by atoms with van der Waals surface area (Å²) >= 11 is 0. The molecule has 1 unspecified atom stereocenters. The normalized spacial score (nSPS) is 22.9. The number of aryl methyl sites for hydroxylation is 1. The van der Waals surface area contributed by atoms with Crippen molar-refractivity contribution in [2.45, 2.75) is 31.8 Å². The summed E-state index contributed by atoms with van der Waals surface area (Å²) in [6.45, 7) is 1.62. The molecule has 0 saturated carbocycles. The molecule has 7 nitrogen and oxygen atoms in total. The first-order valence-electron chi connectivity index (χ1n) is 5.76. The quantitative estimate of drug-likeness (QED) is 0.332. The van der Waals surface area contributed by atoms with Gasteiger partial charge in [0.25, 0.3) is 0 Å². The van der Waals surface area contributed by atoms with Crippen molar-refractivity contribution < 1.29 is 5.21 Å². The summed E-state index contributed by atoms with van der Waals surface area (Å²) in [6.07, 6.45) is 4.70. The standard InChI is InChI=1S/C10H18N6O/c1-15-9(12-7-13-15)6-16-5-3-2-4-8(16)10(11)14-17/h7-8,17H,2-6H2,1H3,(H2,11,14). The predicted octanol–water partition coefficient (Wildman–Crippen LogP) is -0.0840. The molecule has 7 heteroatoms. The van der Waals surface area contributed by atoms with Crippen molar-refractivity contribution in [3.8, 4) is 0 Å². The molecule has 3 N–H and O–H groups in total. The first-order chi connectivity index (χ1) is 8.22. The summed E-state index contributed by atoms with van der Waals surface area (Å²) < 4.78 is 1.75. The van der Waals surface area contributed by atoms with Gasteiger partial charge in [-0.05, 0) is 19.4 Å². The molecular formula is C10H18N6O. The number of oxime groups is 1. The Morgan fingerprint density at radius 2 is 2.47 bits per heavy atom. The fourth-order valence-corrected chi connectivity index (χ4v) is 2.23. The topological polar surface area (TPSA) is 92.6 Å². The molecule has 2 heterocycles. The van der Waals surface area contributed by atoms with Crippen molar-refractivity contribution >= 4 is 5.84 Å². The average molecular weight is 238 g/mol. The number of amidine groups is 1. The zero-order valence-electron chi connectivity index (χ0n) is 9.95. The smallest absolute Gasteiger partial charge is 0.156 e. The van der Waals surface area contributed by atoms with Gasteiger partial charge in [0.2, 0.25) is 0 Å². The van der Waals surface area contributed by atoms with E-state index in [9.17, 15) is 0 Å². The maximum Gasteiger partial charge on any atom is 0.156 e. The molecule has 17 heavy (non-hydrogen) atoms. The summed E-state index contributed by atoms with van der Waals surface area (Å²) in [5.41, 5.74) is 5.72. The lowest BCUT2D eigenvalue weighted by Crippen LogP contribution is -2.47. The van der Waals surface area contributed by atoms with Crippen LogP contribution in [-0.2, 0) is 13.6 Å². The Balaban J connectivity index is 2.09. The Morgan fingerprint density at radius 3 is 3.12 bits per heavy atom. The second-order valence-corrected chi connectivity index (χ2v) is 4.31. The Kier molecular flexibility index (Phi) is 3.58. The van der Waals surface area contributed by atoms with Gasteiger partial charge in [-0.3, -0.25) is 9.58 Å². The minimum Gasteiger partial charge on any atom is -0.409 e. The van der Waals surface area contributed by atoms with Gasteiger partial charge in [-0.1, -0.05) is 11.6 Å². The highest BCUT2D eigenvalue weighted by Crippen LogP contribution is 2.18. The van der Waals surface area contributed by atoms with Crippen LogP contribution in [0, 0.1) is 0 Å². The number of likely N-dealkylation sites (tertiary alicyclic amines) is 1. The van der Waals surface area contributed by atoms with Crippen LogP contribution in [0.1, 0.15) is 25.1 Å². The molecule has 1 fully saturated rings. The van der Waals surface area contributed by atoms with Crippen molar-refractivity contribution in [3.05, 3.63) is 12.2 Å². The third kappa shape index (κ3) is 2.55. The van der Waals surface area contributed by atoms with E-state index in [2.05, 4.69) is 20.1 Å². The van der Waals surface area contributed by atoms with Crippen LogP contribution in [0.25, 0.3) is 0 Å². The Labute approximate surface area is 99.9 Å². The molecule has 1 aromatic heterocycles. The first-order valence-corrected chi connectivity index (χ1v) is 5.76. The monoisotopic (exact) mass is 238 g/mol. The van der Waals surface area contributed by atoms with E-state index in [0.717, 1.165) is 31.6 Å². The second-order valence-electron chi connectivity index (χ2n) is 4.31. The molecule has 1 saturated heterocycles. The van der Waals surface area contributed by atoms with Crippen molar-refractivity contribution in [1.82, 2.24) is 19.7 Å². The van der Waals surface area contributed by atoms with Crippen LogP contribution >= 0.6 is 0 Å². The van der Waals surface area contributed by atoms with Gasteiger partial charge in [-0.2, -0.15) is 5.10 Å². The SMILES string of the molecule is Cn1ncnc1CN1CCCCC1C(N)=NO. The van der Waals surface area contributed by atoms with Crippen LogP contribution < -0.4 is 5.73 Å². The number of hydrogen-bond donors (Lipinski definition) is 2. The largest absolute Gasteiger partial charge is 0.409 e. The van der Waals surface area contributed by atoms with E-state index in [4.69, 9.17) is 10.9 Å². The zero-order valence-corrected chi connectivity index (χ0v) is 9.95. The Bertz CT molecular complexity index is 401. The average Bonchev–Trinajstić information content (AvgIpc) is 2.75. The third-order valence-electron chi connectivity index (χ3n) is 3.22. The number of hydrogen-bond acceptors (Lipinski definition) is 5. The van der Waals surface area contributed by atoms with E-state index < -0.39 is 0 Å². The van der Waals surface area contributed by atoms with Crippen LogP contribution in [0.2, 0.25) is 0 Å².